The highest BCUT2D eigenvalue weighted by atomic mass is 16.5. The van der Waals surface area contributed by atoms with E-state index in [9.17, 15) is 0 Å². The molecule has 2 aromatic carbocycles. The quantitative estimate of drug-likeness (QED) is 0.862. The number of rotatable bonds is 6. The molecule has 2 nitrogen and oxygen atoms in total. The molecule has 1 unspecified atom stereocenters. The summed E-state index contributed by atoms with van der Waals surface area (Å²) >= 11 is 0. The molecule has 1 atom stereocenters. The topological polar surface area (TPSA) is 35.2 Å². The maximum absolute atomic E-state index is 6.24. The van der Waals surface area contributed by atoms with Crippen molar-refractivity contribution in [2.24, 2.45) is 5.73 Å². The Bertz CT molecular complexity index is 548. The van der Waals surface area contributed by atoms with Gasteiger partial charge in [-0.05, 0) is 48.9 Å². The summed E-state index contributed by atoms with van der Waals surface area (Å²) in [5.41, 5.74) is 8.75. The Kier molecular flexibility index (Phi) is 4.03. The Balaban J connectivity index is 1.57. The summed E-state index contributed by atoms with van der Waals surface area (Å²) in [6, 6.07) is 18.8. The molecular weight excluding hydrogens is 246 g/mol. The van der Waals surface area contributed by atoms with E-state index in [4.69, 9.17) is 10.5 Å². The number of nitrogens with two attached hydrogens (primary N) is 1. The highest BCUT2D eigenvalue weighted by Gasteiger charge is 2.23. The molecule has 1 saturated carbocycles. The molecule has 0 aliphatic heterocycles. The average Bonchev–Trinajstić information content (AvgIpc) is 3.30. The number of hydrogen-bond acceptors (Lipinski definition) is 2. The second kappa shape index (κ2) is 6.10. The average molecular weight is 267 g/mol. The lowest BCUT2D eigenvalue weighted by Gasteiger charge is -2.12. The Morgan fingerprint density at radius 3 is 2.60 bits per heavy atom. The van der Waals surface area contributed by atoms with Crippen molar-refractivity contribution >= 4 is 0 Å². The van der Waals surface area contributed by atoms with Crippen LogP contribution in [0.3, 0.4) is 0 Å². The maximum atomic E-state index is 6.24. The van der Waals surface area contributed by atoms with E-state index >= 15 is 0 Å². The molecule has 1 fully saturated rings. The van der Waals surface area contributed by atoms with Gasteiger partial charge < -0.3 is 10.5 Å². The zero-order valence-electron chi connectivity index (χ0n) is 11.7. The van der Waals surface area contributed by atoms with Crippen LogP contribution in [0.25, 0.3) is 0 Å². The summed E-state index contributed by atoms with van der Waals surface area (Å²) in [7, 11) is 0. The van der Waals surface area contributed by atoms with Gasteiger partial charge in [-0.15, -0.1) is 0 Å². The van der Waals surface area contributed by atoms with E-state index in [2.05, 4.69) is 30.3 Å². The Labute approximate surface area is 120 Å². The van der Waals surface area contributed by atoms with Gasteiger partial charge in [0, 0.05) is 6.04 Å². The Morgan fingerprint density at radius 1 is 1.05 bits per heavy atom. The smallest absolute Gasteiger partial charge is 0.119 e. The minimum absolute atomic E-state index is 0.101. The molecule has 0 spiro atoms. The Morgan fingerprint density at radius 2 is 1.85 bits per heavy atom. The van der Waals surface area contributed by atoms with Gasteiger partial charge in [-0.1, -0.05) is 42.5 Å². The lowest BCUT2D eigenvalue weighted by Crippen LogP contribution is -2.11. The molecule has 0 aromatic heterocycles. The first-order valence-corrected chi connectivity index (χ1v) is 7.37. The SMILES string of the molecule is NC(CCc1cccc(OC2CC2)c1)c1ccccc1. The molecule has 0 radical (unpaired) electrons. The van der Waals surface area contributed by atoms with E-state index in [0.29, 0.717) is 6.10 Å². The second-order valence-corrected chi connectivity index (χ2v) is 5.52. The van der Waals surface area contributed by atoms with Crippen molar-refractivity contribution in [2.75, 3.05) is 0 Å². The number of aryl methyl sites for hydroxylation is 1. The van der Waals surface area contributed by atoms with Gasteiger partial charge in [0.1, 0.15) is 5.75 Å². The largest absolute Gasteiger partial charge is 0.490 e. The third kappa shape index (κ3) is 3.61. The van der Waals surface area contributed by atoms with Crippen LogP contribution >= 0.6 is 0 Å². The highest BCUT2D eigenvalue weighted by Crippen LogP contribution is 2.27. The molecule has 1 aliphatic rings. The summed E-state index contributed by atoms with van der Waals surface area (Å²) in [6.07, 6.45) is 4.79. The predicted octanol–water partition coefficient (Wildman–Crippen LogP) is 3.86. The fourth-order valence-electron chi connectivity index (χ4n) is 2.34. The van der Waals surface area contributed by atoms with Gasteiger partial charge in [0.15, 0.2) is 0 Å². The number of benzene rings is 2. The predicted molar refractivity (Wildman–Crippen MR) is 81.8 cm³/mol. The first-order valence-electron chi connectivity index (χ1n) is 7.37. The monoisotopic (exact) mass is 267 g/mol. The van der Waals surface area contributed by atoms with Crippen LogP contribution in [0.2, 0.25) is 0 Å². The third-order valence-corrected chi connectivity index (χ3v) is 3.70. The first-order chi connectivity index (χ1) is 9.81. The lowest BCUT2D eigenvalue weighted by molar-refractivity contribution is 0.303. The van der Waals surface area contributed by atoms with Crippen molar-refractivity contribution in [1.82, 2.24) is 0 Å². The van der Waals surface area contributed by atoms with Crippen LogP contribution in [0, 0.1) is 0 Å². The van der Waals surface area contributed by atoms with Crippen molar-refractivity contribution in [3.05, 3.63) is 65.7 Å². The summed E-state index contributed by atoms with van der Waals surface area (Å²) in [6.45, 7) is 0. The standard InChI is InChI=1S/C18H21NO/c19-18(15-6-2-1-3-7-15)12-9-14-5-4-8-17(13-14)20-16-10-11-16/h1-8,13,16,18H,9-12,19H2. The zero-order chi connectivity index (χ0) is 13.8. The molecule has 0 amide bonds. The van der Waals surface area contributed by atoms with Crippen LogP contribution in [0.1, 0.15) is 36.4 Å². The van der Waals surface area contributed by atoms with Crippen LogP contribution in [0.15, 0.2) is 54.6 Å². The van der Waals surface area contributed by atoms with E-state index in [1.165, 1.54) is 24.0 Å². The summed E-state index contributed by atoms with van der Waals surface area (Å²) in [5, 5.41) is 0. The van der Waals surface area contributed by atoms with Crippen LogP contribution in [0.5, 0.6) is 5.75 Å². The van der Waals surface area contributed by atoms with E-state index in [-0.39, 0.29) is 6.04 Å². The van der Waals surface area contributed by atoms with Gasteiger partial charge in [0.05, 0.1) is 6.10 Å². The summed E-state index contributed by atoms with van der Waals surface area (Å²) < 4.78 is 5.83. The number of hydrogen-bond donors (Lipinski definition) is 1. The van der Waals surface area contributed by atoms with Crippen molar-refractivity contribution in [1.29, 1.82) is 0 Å². The van der Waals surface area contributed by atoms with Gasteiger partial charge >= 0.3 is 0 Å². The van der Waals surface area contributed by atoms with Crippen molar-refractivity contribution in [3.63, 3.8) is 0 Å². The molecule has 0 saturated heterocycles. The maximum Gasteiger partial charge on any atom is 0.119 e. The molecule has 2 aromatic rings. The van der Waals surface area contributed by atoms with Crippen LogP contribution in [-0.4, -0.2) is 6.10 Å². The fraction of sp³-hybridized carbons (Fsp3) is 0.333. The Hall–Kier alpha value is -1.80. The highest BCUT2D eigenvalue weighted by molar-refractivity contribution is 5.29. The molecule has 2 heteroatoms. The van der Waals surface area contributed by atoms with E-state index in [1.54, 1.807) is 0 Å². The molecule has 3 rings (SSSR count). The molecule has 104 valence electrons. The van der Waals surface area contributed by atoms with Crippen LogP contribution < -0.4 is 10.5 Å². The molecule has 0 bridgehead atoms. The molecule has 1 aliphatic carbocycles. The van der Waals surface area contributed by atoms with Crippen molar-refractivity contribution in [2.45, 2.75) is 37.8 Å². The van der Waals surface area contributed by atoms with Crippen molar-refractivity contribution < 1.29 is 4.74 Å². The first kappa shape index (κ1) is 13.2. The minimum atomic E-state index is 0.101. The zero-order valence-corrected chi connectivity index (χ0v) is 11.7. The summed E-state index contributed by atoms with van der Waals surface area (Å²) in [5.74, 6) is 0.998. The molecule has 2 N–H and O–H groups in total. The fourth-order valence-corrected chi connectivity index (χ4v) is 2.34. The second-order valence-electron chi connectivity index (χ2n) is 5.52. The third-order valence-electron chi connectivity index (χ3n) is 3.70. The van der Waals surface area contributed by atoms with Crippen molar-refractivity contribution in [3.8, 4) is 5.75 Å². The lowest BCUT2D eigenvalue weighted by atomic mass is 10.00. The molecular formula is C18H21NO. The van der Waals surface area contributed by atoms with Crippen LogP contribution in [0.4, 0.5) is 0 Å². The van der Waals surface area contributed by atoms with E-state index < -0.39 is 0 Å². The van der Waals surface area contributed by atoms with E-state index in [0.717, 1.165) is 18.6 Å². The van der Waals surface area contributed by atoms with Gasteiger partial charge in [0.2, 0.25) is 0 Å². The minimum Gasteiger partial charge on any atom is -0.490 e. The van der Waals surface area contributed by atoms with E-state index in [1.807, 2.05) is 24.3 Å². The normalized spacial score (nSPS) is 15.8. The van der Waals surface area contributed by atoms with Gasteiger partial charge in [-0.25, -0.2) is 0 Å². The van der Waals surface area contributed by atoms with Gasteiger partial charge in [0.25, 0.3) is 0 Å². The molecule has 0 heterocycles. The summed E-state index contributed by atoms with van der Waals surface area (Å²) in [4.78, 5) is 0. The van der Waals surface area contributed by atoms with Crippen LogP contribution in [-0.2, 0) is 6.42 Å². The van der Waals surface area contributed by atoms with Gasteiger partial charge in [-0.3, -0.25) is 0 Å². The van der Waals surface area contributed by atoms with Gasteiger partial charge in [-0.2, -0.15) is 0 Å². The number of ether oxygens (including phenoxy) is 1. The molecule has 20 heavy (non-hydrogen) atoms.